The molecule has 0 fully saturated rings. The molecule has 0 unspecified atom stereocenters. The summed E-state index contributed by atoms with van der Waals surface area (Å²) in [5.41, 5.74) is 1.52. The number of rotatable bonds is 5. The molecule has 0 atom stereocenters. The molecule has 0 saturated carbocycles. The van der Waals surface area contributed by atoms with Crippen LogP contribution in [0.25, 0.3) is 0 Å². The summed E-state index contributed by atoms with van der Waals surface area (Å²) < 4.78 is 1.11. The van der Waals surface area contributed by atoms with Crippen molar-refractivity contribution in [3.05, 3.63) is 57.0 Å². The number of hydrogen-bond donors (Lipinski definition) is 2. The minimum atomic E-state index is -0.449. The number of nitrogens with zero attached hydrogens (tertiary/aromatic N) is 3. The van der Waals surface area contributed by atoms with Crippen LogP contribution in [0, 0.1) is 11.3 Å². The molecule has 21 heavy (non-hydrogen) atoms. The van der Waals surface area contributed by atoms with Crippen molar-refractivity contribution >= 4 is 17.3 Å². The third-order valence-corrected chi connectivity index (χ3v) is 3.23. The highest BCUT2D eigenvalue weighted by atomic mass is 35.5. The zero-order chi connectivity index (χ0) is 15.2. The van der Waals surface area contributed by atoms with Crippen molar-refractivity contribution in [2.45, 2.75) is 13.1 Å². The van der Waals surface area contributed by atoms with Gasteiger partial charge in [0.05, 0.1) is 36.7 Å². The number of aliphatic hydroxyl groups is 1. The molecule has 0 radical (unpaired) electrons. The summed E-state index contributed by atoms with van der Waals surface area (Å²) in [5, 5.41) is 24.5. The van der Waals surface area contributed by atoms with E-state index < -0.39 is 5.56 Å². The Balaban J connectivity index is 2.11. The molecule has 2 rings (SSSR count). The van der Waals surface area contributed by atoms with Crippen LogP contribution in [-0.2, 0) is 13.1 Å². The van der Waals surface area contributed by atoms with Gasteiger partial charge in [0, 0.05) is 6.54 Å². The van der Waals surface area contributed by atoms with Gasteiger partial charge in [0.15, 0.2) is 0 Å². The van der Waals surface area contributed by atoms with Gasteiger partial charge in [-0.2, -0.15) is 10.4 Å². The predicted octanol–water partition coefficient (Wildman–Crippen LogP) is 1.37. The van der Waals surface area contributed by atoms with Gasteiger partial charge in [-0.3, -0.25) is 4.79 Å². The van der Waals surface area contributed by atoms with Gasteiger partial charge in [-0.05, 0) is 17.7 Å². The molecule has 2 N–H and O–H groups in total. The lowest BCUT2D eigenvalue weighted by Gasteiger charge is -2.09. The summed E-state index contributed by atoms with van der Waals surface area (Å²) in [6.07, 6.45) is 1.45. The molecule has 7 heteroatoms. The van der Waals surface area contributed by atoms with E-state index in [1.165, 1.54) is 6.20 Å². The second kappa shape index (κ2) is 6.88. The maximum atomic E-state index is 11.9. The van der Waals surface area contributed by atoms with E-state index in [0.717, 1.165) is 10.2 Å². The zero-order valence-electron chi connectivity index (χ0n) is 11.1. The van der Waals surface area contributed by atoms with Gasteiger partial charge in [-0.15, -0.1) is 0 Å². The SMILES string of the molecule is N#Cc1ccc(CNc2cnn(CCO)c(=O)c2Cl)cc1. The standard InChI is InChI=1S/C14H13ClN4O2/c15-13-12(9-18-19(5-6-20)14(13)21)17-8-11-3-1-10(7-16)2-4-11/h1-4,9,17,20H,5-6,8H2. The van der Waals surface area contributed by atoms with Crippen molar-refractivity contribution in [1.29, 1.82) is 5.26 Å². The Bertz CT molecular complexity index is 719. The Morgan fingerprint density at radius 2 is 2.10 bits per heavy atom. The first-order chi connectivity index (χ1) is 10.2. The Kier molecular flexibility index (Phi) is 4.93. The molecule has 1 aromatic heterocycles. The largest absolute Gasteiger partial charge is 0.394 e. The lowest BCUT2D eigenvalue weighted by atomic mass is 10.1. The second-order valence-corrected chi connectivity index (χ2v) is 4.66. The van der Waals surface area contributed by atoms with Crippen LogP contribution < -0.4 is 10.9 Å². The molecule has 0 spiro atoms. The van der Waals surface area contributed by atoms with E-state index in [2.05, 4.69) is 10.4 Å². The number of hydrogen-bond acceptors (Lipinski definition) is 5. The maximum Gasteiger partial charge on any atom is 0.287 e. The summed E-state index contributed by atoms with van der Waals surface area (Å²) >= 11 is 5.99. The topological polar surface area (TPSA) is 90.9 Å². The van der Waals surface area contributed by atoms with Crippen molar-refractivity contribution < 1.29 is 5.11 Å². The van der Waals surface area contributed by atoms with Crippen LogP contribution in [0.2, 0.25) is 5.02 Å². The molecule has 1 aromatic carbocycles. The van der Waals surface area contributed by atoms with Gasteiger partial charge in [0.2, 0.25) is 0 Å². The molecule has 0 aliphatic heterocycles. The number of halogens is 1. The van der Waals surface area contributed by atoms with Crippen molar-refractivity contribution in [2.24, 2.45) is 0 Å². The molecule has 1 heterocycles. The Morgan fingerprint density at radius 3 is 2.71 bits per heavy atom. The molecule has 0 amide bonds. The van der Waals surface area contributed by atoms with Gasteiger partial charge in [0.1, 0.15) is 5.02 Å². The van der Waals surface area contributed by atoms with Crippen LogP contribution in [0.5, 0.6) is 0 Å². The van der Waals surface area contributed by atoms with Crippen LogP contribution in [0.1, 0.15) is 11.1 Å². The smallest absolute Gasteiger partial charge is 0.287 e. The quantitative estimate of drug-likeness (QED) is 0.870. The summed E-state index contributed by atoms with van der Waals surface area (Å²) in [5.74, 6) is 0. The molecule has 0 aliphatic rings. The molecule has 6 nitrogen and oxygen atoms in total. The Labute approximate surface area is 126 Å². The van der Waals surface area contributed by atoms with Crippen molar-refractivity contribution in [2.75, 3.05) is 11.9 Å². The van der Waals surface area contributed by atoms with Gasteiger partial charge in [-0.1, -0.05) is 23.7 Å². The monoisotopic (exact) mass is 304 g/mol. The summed E-state index contributed by atoms with van der Waals surface area (Å²) in [7, 11) is 0. The van der Waals surface area contributed by atoms with Gasteiger partial charge in [-0.25, -0.2) is 4.68 Å². The first-order valence-corrected chi connectivity index (χ1v) is 6.63. The van der Waals surface area contributed by atoms with Gasteiger partial charge in [0.25, 0.3) is 5.56 Å². The number of aliphatic hydroxyl groups excluding tert-OH is 1. The summed E-state index contributed by atoms with van der Waals surface area (Å²) in [6, 6.07) is 9.12. The summed E-state index contributed by atoms with van der Waals surface area (Å²) in [4.78, 5) is 11.9. The number of nitrogens with one attached hydrogen (secondary N) is 1. The van der Waals surface area contributed by atoms with Gasteiger partial charge >= 0.3 is 0 Å². The molecule has 2 aromatic rings. The fourth-order valence-corrected chi connectivity index (χ4v) is 1.95. The Hall–Kier alpha value is -2.36. The van der Waals surface area contributed by atoms with Crippen LogP contribution in [-0.4, -0.2) is 21.5 Å². The molecule has 108 valence electrons. The fraction of sp³-hybridized carbons (Fsp3) is 0.214. The van der Waals surface area contributed by atoms with E-state index in [0.29, 0.717) is 17.8 Å². The summed E-state index contributed by atoms with van der Waals surface area (Å²) in [6.45, 7) is 0.381. The van der Waals surface area contributed by atoms with Crippen molar-refractivity contribution in [3.63, 3.8) is 0 Å². The number of nitriles is 1. The fourth-order valence-electron chi connectivity index (χ4n) is 1.74. The van der Waals surface area contributed by atoms with Gasteiger partial charge < -0.3 is 10.4 Å². The molecular formula is C14H13ClN4O2. The maximum absolute atomic E-state index is 11.9. The average molecular weight is 305 g/mol. The highest BCUT2D eigenvalue weighted by Gasteiger charge is 2.08. The first kappa shape index (κ1) is 15.0. The normalized spacial score (nSPS) is 10.1. The zero-order valence-corrected chi connectivity index (χ0v) is 11.8. The number of benzene rings is 1. The van der Waals surface area contributed by atoms with Crippen molar-refractivity contribution in [1.82, 2.24) is 9.78 Å². The van der Waals surface area contributed by atoms with E-state index >= 15 is 0 Å². The van der Waals surface area contributed by atoms with E-state index in [1.54, 1.807) is 12.1 Å². The number of anilines is 1. The number of aromatic nitrogens is 2. The first-order valence-electron chi connectivity index (χ1n) is 6.25. The van der Waals surface area contributed by atoms with Crippen LogP contribution in [0.3, 0.4) is 0 Å². The van der Waals surface area contributed by atoms with Crippen molar-refractivity contribution in [3.8, 4) is 6.07 Å². The lowest BCUT2D eigenvalue weighted by molar-refractivity contribution is 0.266. The average Bonchev–Trinajstić information content (AvgIpc) is 2.52. The van der Waals surface area contributed by atoms with E-state index in [1.807, 2.05) is 18.2 Å². The molecular weight excluding hydrogens is 292 g/mol. The van der Waals surface area contributed by atoms with E-state index in [-0.39, 0.29) is 18.2 Å². The second-order valence-electron chi connectivity index (χ2n) is 4.29. The third-order valence-electron chi connectivity index (χ3n) is 2.86. The molecule has 0 saturated heterocycles. The van der Waals surface area contributed by atoms with Crippen LogP contribution in [0.15, 0.2) is 35.3 Å². The Morgan fingerprint density at radius 1 is 1.38 bits per heavy atom. The van der Waals surface area contributed by atoms with Crippen LogP contribution >= 0.6 is 11.6 Å². The highest BCUT2D eigenvalue weighted by molar-refractivity contribution is 6.32. The predicted molar refractivity (Wildman–Crippen MR) is 79.1 cm³/mol. The minimum absolute atomic E-state index is 0.0343. The van der Waals surface area contributed by atoms with Crippen LogP contribution in [0.4, 0.5) is 5.69 Å². The lowest BCUT2D eigenvalue weighted by Crippen LogP contribution is -2.25. The minimum Gasteiger partial charge on any atom is -0.394 e. The van der Waals surface area contributed by atoms with E-state index in [9.17, 15) is 4.79 Å². The molecule has 0 bridgehead atoms. The molecule has 0 aliphatic carbocycles. The van der Waals surface area contributed by atoms with E-state index in [4.69, 9.17) is 22.0 Å². The highest BCUT2D eigenvalue weighted by Crippen LogP contribution is 2.16. The third kappa shape index (κ3) is 3.60.